The summed E-state index contributed by atoms with van der Waals surface area (Å²) in [4.78, 5) is 9.05. The lowest BCUT2D eigenvalue weighted by molar-refractivity contribution is -0.148. The van der Waals surface area contributed by atoms with Crippen molar-refractivity contribution in [2.24, 2.45) is 0 Å². The first-order valence-corrected chi connectivity index (χ1v) is 14.0. The molecule has 210 valence electrons. The zero-order valence-electron chi connectivity index (χ0n) is 21.4. The molecule has 0 amide bonds. The monoisotopic (exact) mass is 585 g/mol. The van der Waals surface area contributed by atoms with Crippen LogP contribution in [0.25, 0.3) is 21.9 Å². The quantitative estimate of drug-likeness (QED) is 0.192. The van der Waals surface area contributed by atoms with Crippen molar-refractivity contribution in [3.8, 4) is 5.75 Å². The lowest BCUT2D eigenvalue weighted by Crippen LogP contribution is -2.39. The predicted octanol–water partition coefficient (Wildman–Crippen LogP) is 6.49. The first kappa shape index (κ1) is 29.1. The highest BCUT2D eigenvalue weighted by Gasteiger charge is 2.43. The van der Waals surface area contributed by atoms with Gasteiger partial charge in [-0.15, -0.1) is 0 Å². The van der Waals surface area contributed by atoms with E-state index in [0.717, 1.165) is 12.3 Å². The second kappa shape index (κ2) is 11.7. The van der Waals surface area contributed by atoms with Crippen LogP contribution in [0.4, 0.5) is 19.0 Å². The van der Waals surface area contributed by atoms with Gasteiger partial charge in [0, 0.05) is 17.0 Å². The van der Waals surface area contributed by atoms with Gasteiger partial charge in [-0.3, -0.25) is 4.52 Å². The van der Waals surface area contributed by atoms with Crippen LogP contribution in [-0.2, 0) is 27.0 Å². The Morgan fingerprint density at radius 1 is 1.13 bits per heavy atom. The van der Waals surface area contributed by atoms with Crippen molar-refractivity contribution in [2.45, 2.75) is 52.2 Å². The van der Waals surface area contributed by atoms with Crippen molar-refractivity contribution >= 4 is 47.1 Å². The van der Waals surface area contributed by atoms with E-state index < -0.39 is 26.1 Å². The van der Waals surface area contributed by atoms with Crippen molar-refractivity contribution in [1.82, 2.24) is 19.6 Å². The van der Waals surface area contributed by atoms with Gasteiger partial charge in [-0.2, -0.15) is 18.3 Å². The number of benzene rings is 2. The van der Waals surface area contributed by atoms with Gasteiger partial charge in [-0.05, 0) is 51.1 Å². The molecular formula is C25H28ClF3N5O4P. The van der Waals surface area contributed by atoms with Crippen LogP contribution in [-0.4, -0.2) is 39.5 Å². The Kier molecular flexibility index (Phi) is 8.72. The topological polar surface area (TPSA) is 114 Å². The average Bonchev–Trinajstić information content (AvgIpc) is 3.22. The molecule has 2 aromatic heterocycles. The molecular weight excluding hydrogens is 558 g/mol. The Balaban J connectivity index is 1.71. The van der Waals surface area contributed by atoms with E-state index in [-0.39, 0.29) is 24.7 Å². The molecule has 0 saturated heterocycles. The average molecular weight is 586 g/mol. The zero-order chi connectivity index (χ0) is 28.4. The SMILES string of the molecule is CCOCc1nc2c(N)nc3ccccc3c2n1C[C@@H](C)OP(=O)(N[C@@H](C)C(F)(F)F)Oc1ccc(Cl)cc1. The molecule has 14 heteroatoms. The summed E-state index contributed by atoms with van der Waals surface area (Å²) >= 11 is 5.89. The van der Waals surface area contributed by atoms with Crippen LogP contribution in [0, 0.1) is 0 Å². The van der Waals surface area contributed by atoms with E-state index in [1.54, 1.807) is 17.6 Å². The highest BCUT2D eigenvalue weighted by molar-refractivity contribution is 7.52. The molecule has 0 saturated carbocycles. The Morgan fingerprint density at radius 3 is 2.49 bits per heavy atom. The van der Waals surface area contributed by atoms with E-state index in [1.165, 1.54) is 24.3 Å². The number of fused-ring (bicyclic) bond motifs is 3. The van der Waals surface area contributed by atoms with E-state index in [0.29, 0.717) is 34.0 Å². The van der Waals surface area contributed by atoms with Gasteiger partial charge in [-0.1, -0.05) is 29.8 Å². The van der Waals surface area contributed by atoms with Crippen LogP contribution in [0.1, 0.15) is 26.6 Å². The molecule has 39 heavy (non-hydrogen) atoms. The third-order valence-corrected chi connectivity index (χ3v) is 7.81. The molecule has 2 aromatic carbocycles. The number of aromatic nitrogens is 3. The third-order valence-electron chi connectivity index (χ3n) is 5.77. The maximum atomic E-state index is 13.7. The number of nitrogens with zero attached hydrogens (tertiary/aromatic N) is 3. The first-order valence-electron chi connectivity index (χ1n) is 12.1. The first-order chi connectivity index (χ1) is 18.4. The molecule has 0 aliphatic carbocycles. The largest absolute Gasteiger partial charge is 0.459 e. The van der Waals surface area contributed by atoms with Gasteiger partial charge in [-0.25, -0.2) is 14.5 Å². The summed E-state index contributed by atoms with van der Waals surface area (Å²) in [5, 5.41) is 3.14. The minimum Gasteiger partial charge on any atom is -0.413 e. The number of hydrogen-bond acceptors (Lipinski definition) is 7. The minimum atomic E-state index is -4.69. The number of nitrogens with one attached hydrogen (secondary N) is 1. The fourth-order valence-electron chi connectivity index (χ4n) is 3.96. The Morgan fingerprint density at radius 2 is 1.82 bits per heavy atom. The number of pyridine rings is 1. The number of nitrogens with two attached hydrogens (primary N) is 1. The van der Waals surface area contributed by atoms with E-state index >= 15 is 0 Å². The lowest BCUT2D eigenvalue weighted by Gasteiger charge is -2.27. The third kappa shape index (κ3) is 6.82. The molecule has 0 radical (unpaired) electrons. The van der Waals surface area contributed by atoms with Crippen molar-refractivity contribution in [2.75, 3.05) is 12.3 Å². The number of alkyl halides is 3. The smallest absolute Gasteiger partial charge is 0.413 e. The highest BCUT2D eigenvalue weighted by atomic mass is 35.5. The second-order valence-electron chi connectivity index (χ2n) is 8.84. The summed E-state index contributed by atoms with van der Waals surface area (Å²) < 4.78 is 72.4. The number of halogens is 4. The summed E-state index contributed by atoms with van der Waals surface area (Å²) in [5.74, 6) is 0.732. The molecule has 0 bridgehead atoms. The van der Waals surface area contributed by atoms with Crippen molar-refractivity contribution in [1.29, 1.82) is 0 Å². The fourth-order valence-corrected chi connectivity index (χ4v) is 5.80. The van der Waals surface area contributed by atoms with Crippen LogP contribution in [0.15, 0.2) is 48.5 Å². The summed E-state index contributed by atoms with van der Waals surface area (Å²) in [6.45, 7) is 4.84. The fraction of sp³-hybridized carbons (Fsp3) is 0.360. The van der Waals surface area contributed by atoms with E-state index in [2.05, 4.69) is 9.97 Å². The van der Waals surface area contributed by atoms with Crippen molar-refractivity contribution in [3.63, 3.8) is 0 Å². The van der Waals surface area contributed by atoms with Crippen LogP contribution < -0.4 is 15.3 Å². The van der Waals surface area contributed by atoms with Crippen LogP contribution in [0.2, 0.25) is 5.02 Å². The van der Waals surface area contributed by atoms with E-state index in [4.69, 9.17) is 31.1 Å². The van der Waals surface area contributed by atoms with Gasteiger partial charge < -0.3 is 19.6 Å². The zero-order valence-corrected chi connectivity index (χ0v) is 23.1. The summed E-state index contributed by atoms with van der Waals surface area (Å²) in [5.41, 5.74) is 7.94. The van der Waals surface area contributed by atoms with Crippen LogP contribution in [0.5, 0.6) is 5.75 Å². The normalized spacial score (nSPS) is 15.4. The Labute approximate surface area is 228 Å². The highest BCUT2D eigenvalue weighted by Crippen LogP contribution is 2.48. The molecule has 0 aliphatic heterocycles. The van der Waals surface area contributed by atoms with Gasteiger partial charge >= 0.3 is 13.9 Å². The Hall–Kier alpha value is -2.89. The van der Waals surface area contributed by atoms with Crippen molar-refractivity contribution in [3.05, 3.63) is 59.4 Å². The maximum Gasteiger partial charge on any atom is 0.459 e. The lowest BCUT2D eigenvalue weighted by atomic mass is 10.2. The van der Waals surface area contributed by atoms with Gasteiger partial charge in [0.15, 0.2) is 5.82 Å². The molecule has 1 unspecified atom stereocenters. The molecule has 0 fully saturated rings. The summed E-state index contributed by atoms with van der Waals surface area (Å²) in [6.07, 6.45) is -5.61. The number of hydrogen-bond donors (Lipinski definition) is 2. The predicted molar refractivity (Wildman–Crippen MR) is 144 cm³/mol. The van der Waals surface area contributed by atoms with Gasteiger partial charge in [0.05, 0.1) is 23.7 Å². The molecule has 0 spiro atoms. The van der Waals surface area contributed by atoms with Crippen LogP contribution in [0.3, 0.4) is 0 Å². The van der Waals surface area contributed by atoms with Gasteiger partial charge in [0.25, 0.3) is 0 Å². The molecule has 4 aromatic rings. The second-order valence-corrected chi connectivity index (χ2v) is 10.9. The number of para-hydroxylation sites is 1. The standard InChI is InChI=1S/C25H28ClF3N5O4P/c1-4-36-14-21-32-22-23(19-7-5-6-8-20(19)31-24(22)30)34(21)13-15(2)37-39(35,33-16(3)25(27,28)29)38-18-11-9-17(26)10-12-18/h5-12,15-16H,4,13-14H2,1-3H3,(H2,30,31)(H,33,35)/t15-,16+,39?/m1/s1. The number of imidazole rings is 1. The molecule has 3 N–H and O–H groups in total. The number of anilines is 1. The number of ether oxygens (including phenoxy) is 1. The molecule has 0 aliphatic rings. The summed E-state index contributed by atoms with van der Waals surface area (Å²) in [6, 6.07) is 10.8. The van der Waals surface area contributed by atoms with Crippen LogP contribution >= 0.6 is 19.3 Å². The Bertz CT molecular complexity index is 1500. The maximum absolute atomic E-state index is 13.7. The molecule has 2 heterocycles. The summed E-state index contributed by atoms with van der Waals surface area (Å²) in [7, 11) is -4.55. The van der Waals surface area contributed by atoms with Crippen molar-refractivity contribution < 1.29 is 31.5 Å². The van der Waals surface area contributed by atoms with E-state index in [1.807, 2.05) is 30.2 Å². The van der Waals surface area contributed by atoms with Gasteiger partial charge in [0.1, 0.15) is 29.7 Å². The molecule has 4 rings (SSSR count). The van der Waals surface area contributed by atoms with E-state index in [9.17, 15) is 17.7 Å². The van der Waals surface area contributed by atoms with Gasteiger partial charge in [0.2, 0.25) is 0 Å². The number of rotatable bonds is 11. The minimum absolute atomic E-state index is 0.0202. The number of nitrogen functional groups attached to an aromatic ring is 1. The molecule has 3 atom stereocenters. The molecule has 9 nitrogen and oxygen atoms in total.